The summed E-state index contributed by atoms with van der Waals surface area (Å²) in [5.74, 6) is 1.80. The number of amides is 2. The van der Waals surface area contributed by atoms with Gasteiger partial charge in [-0.1, -0.05) is 42.5 Å². The number of rotatable bonds is 8. The third-order valence-corrected chi connectivity index (χ3v) is 7.34. The fraction of sp³-hybridized carbons (Fsp3) is 0.375. The van der Waals surface area contributed by atoms with Crippen molar-refractivity contribution >= 4 is 11.8 Å². The minimum atomic E-state index is 0.0766. The Morgan fingerprint density at radius 1 is 0.711 bits per heavy atom. The van der Waals surface area contributed by atoms with Crippen LogP contribution < -0.4 is 9.47 Å². The van der Waals surface area contributed by atoms with Crippen LogP contribution in [0.3, 0.4) is 0 Å². The maximum Gasteiger partial charge on any atom is 0.253 e. The molecule has 0 N–H and O–H groups in total. The SMILES string of the molecule is O=C(Cc1cccc(C(=O)N2CCCCC2)c1)N1CCC(Oc2ccc(OCc3ccccc3)cc2)CC1. The number of ether oxygens (including phenoxy) is 2. The van der Waals surface area contributed by atoms with Crippen LogP contribution >= 0.6 is 0 Å². The average Bonchev–Trinajstić information content (AvgIpc) is 2.98. The van der Waals surface area contributed by atoms with Crippen LogP contribution in [0, 0.1) is 0 Å². The maximum absolute atomic E-state index is 13.0. The normalized spacial score (nSPS) is 16.2. The van der Waals surface area contributed by atoms with Gasteiger partial charge in [-0.2, -0.15) is 0 Å². The van der Waals surface area contributed by atoms with Crippen LogP contribution in [0.2, 0.25) is 0 Å². The fourth-order valence-electron chi connectivity index (χ4n) is 5.15. The second-order valence-electron chi connectivity index (χ2n) is 10.2. The summed E-state index contributed by atoms with van der Waals surface area (Å²) < 4.78 is 12.0. The molecule has 2 amide bonds. The first-order chi connectivity index (χ1) is 18.6. The summed E-state index contributed by atoms with van der Waals surface area (Å²) in [6.45, 7) is 3.53. The molecule has 0 radical (unpaired) electrons. The summed E-state index contributed by atoms with van der Waals surface area (Å²) in [6.07, 6.45) is 5.32. The highest BCUT2D eigenvalue weighted by atomic mass is 16.5. The number of hydrogen-bond donors (Lipinski definition) is 0. The molecule has 0 aliphatic carbocycles. The zero-order chi connectivity index (χ0) is 26.2. The predicted octanol–water partition coefficient (Wildman–Crippen LogP) is 5.50. The molecule has 2 aliphatic heterocycles. The molecule has 0 saturated carbocycles. The second-order valence-corrected chi connectivity index (χ2v) is 10.2. The van der Waals surface area contributed by atoms with Crippen LogP contribution in [-0.2, 0) is 17.8 Å². The van der Waals surface area contributed by atoms with Gasteiger partial charge in [0.1, 0.15) is 24.2 Å². The zero-order valence-electron chi connectivity index (χ0n) is 21.9. The maximum atomic E-state index is 13.0. The second kappa shape index (κ2) is 12.6. The first-order valence-corrected chi connectivity index (χ1v) is 13.7. The molecule has 2 saturated heterocycles. The Kier molecular flexibility index (Phi) is 8.59. The number of hydrogen-bond acceptors (Lipinski definition) is 4. The van der Waals surface area contributed by atoms with Crippen LogP contribution in [0.1, 0.15) is 53.6 Å². The van der Waals surface area contributed by atoms with E-state index in [4.69, 9.17) is 9.47 Å². The fourth-order valence-corrected chi connectivity index (χ4v) is 5.15. The Balaban J connectivity index is 1.07. The van der Waals surface area contributed by atoms with E-state index >= 15 is 0 Å². The molecule has 5 rings (SSSR count). The van der Waals surface area contributed by atoms with E-state index in [-0.39, 0.29) is 17.9 Å². The lowest BCUT2D eigenvalue weighted by Crippen LogP contribution is -2.42. The van der Waals surface area contributed by atoms with Gasteiger partial charge in [0.25, 0.3) is 5.91 Å². The van der Waals surface area contributed by atoms with Gasteiger partial charge in [-0.3, -0.25) is 9.59 Å². The highest BCUT2D eigenvalue weighted by molar-refractivity contribution is 5.94. The van der Waals surface area contributed by atoms with Gasteiger partial charge in [-0.15, -0.1) is 0 Å². The zero-order valence-corrected chi connectivity index (χ0v) is 21.9. The highest BCUT2D eigenvalue weighted by Crippen LogP contribution is 2.23. The number of piperidine rings is 2. The van der Waals surface area contributed by atoms with E-state index in [0.29, 0.717) is 31.7 Å². The van der Waals surface area contributed by atoms with E-state index in [1.54, 1.807) is 0 Å². The number of carbonyl (C=O) groups excluding carboxylic acids is 2. The van der Waals surface area contributed by atoms with Crippen LogP contribution in [0.25, 0.3) is 0 Å². The van der Waals surface area contributed by atoms with Crippen molar-refractivity contribution < 1.29 is 19.1 Å². The van der Waals surface area contributed by atoms with Gasteiger partial charge in [-0.25, -0.2) is 0 Å². The quantitative estimate of drug-likeness (QED) is 0.400. The van der Waals surface area contributed by atoms with E-state index in [1.165, 1.54) is 6.42 Å². The topological polar surface area (TPSA) is 59.1 Å². The van der Waals surface area contributed by atoms with E-state index in [1.807, 2.05) is 88.7 Å². The Hall–Kier alpha value is -3.80. The summed E-state index contributed by atoms with van der Waals surface area (Å²) >= 11 is 0. The van der Waals surface area contributed by atoms with E-state index in [2.05, 4.69) is 0 Å². The molecule has 6 heteroatoms. The third kappa shape index (κ3) is 6.94. The minimum Gasteiger partial charge on any atom is -0.490 e. The van der Waals surface area contributed by atoms with E-state index in [0.717, 1.165) is 61.4 Å². The molecule has 0 spiro atoms. The molecule has 0 unspecified atom stereocenters. The molecule has 3 aromatic carbocycles. The number of nitrogens with zero attached hydrogens (tertiary/aromatic N) is 2. The molecule has 0 atom stereocenters. The monoisotopic (exact) mass is 512 g/mol. The Labute approximate surface area is 225 Å². The lowest BCUT2D eigenvalue weighted by Gasteiger charge is -2.32. The molecule has 3 aromatic rings. The predicted molar refractivity (Wildman–Crippen MR) is 147 cm³/mol. The third-order valence-electron chi connectivity index (χ3n) is 7.34. The lowest BCUT2D eigenvalue weighted by atomic mass is 10.0. The van der Waals surface area contributed by atoms with Crippen molar-refractivity contribution in [3.8, 4) is 11.5 Å². The molecule has 38 heavy (non-hydrogen) atoms. The highest BCUT2D eigenvalue weighted by Gasteiger charge is 2.24. The molecule has 2 heterocycles. The van der Waals surface area contributed by atoms with Gasteiger partial charge >= 0.3 is 0 Å². The number of benzene rings is 3. The van der Waals surface area contributed by atoms with Crippen molar-refractivity contribution in [2.75, 3.05) is 26.2 Å². The summed E-state index contributed by atoms with van der Waals surface area (Å²) in [4.78, 5) is 29.7. The van der Waals surface area contributed by atoms with Crippen molar-refractivity contribution in [1.82, 2.24) is 9.80 Å². The molecule has 2 aliphatic rings. The molecule has 6 nitrogen and oxygen atoms in total. The lowest BCUT2D eigenvalue weighted by molar-refractivity contribution is -0.132. The first-order valence-electron chi connectivity index (χ1n) is 13.7. The number of carbonyl (C=O) groups is 2. The first kappa shape index (κ1) is 25.8. The summed E-state index contributed by atoms with van der Waals surface area (Å²) in [5.41, 5.74) is 2.71. The summed E-state index contributed by atoms with van der Waals surface area (Å²) in [7, 11) is 0. The molecule has 0 bridgehead atoms. The van der Waals surface area contributed by atoms with E-state index < -0.39 is 0 Å². The Bertz CT molecular complexity index is 1200. The summed E-state index contributed by atoms with van der Waals surface area (Å²) in [5, 5.41) is 0. The van der Waals surface area contributed by atoms with Crippen molar-refractivity contribution in [2.45, 2.75) is 51.2 Å². The van der Waals surface area contributed by atoms with Gasteiger partial charge in [0.05, 0.1) is 6.42 Å². The smallest absolute Gasteiger partial charge is 0.253 e. The van der Waals surface area contributed by atoms with Crippen LogP contribution in [0.15, 0.2) is 78.9 Å². The van der Waals surface area contributed by atoms with Gasteiger partial charge in [0.15, 0.2) is 0 Å². The van der Waals surface area contributed by atoms with Crippen molar-refractivity contribution in [1.29, 1.82) is 0 Å². The van der Waals surface area contributed by atoms with Crippen molar-refractivity contribution in [3.63, 3.8) is 0 Å². The van der Waals surface area contributed by atoms with Crippen LogP contribution in [0.4, 0.5) is 0 Å². The molecule has 0 aromatic heterocycles. The van der Waals surface area contributed by atoms with E-state index in [9.17, 15) is 9.59 Å². The van der Waals surface area contributed by atoms with Crippen LogP contribution in [0.5, 0.6) is 11.5 Å². The number of likely N-dealkylation sites (tertiary alicyclic amines) is 2. The van der Waals surface area contributed by atoms with Gasteiger partial charge < -0.3 is 19.3 Å². The van der Waals surface area contributed by atoms with Gasteiger partial charge in [-0.05, 0) is 66.8 Å². The van der Waals surface area contributed by atoms with Crippen molar-refractivity contribution in [2.24, 2.45) is 0 Å². The summed E-state index contributed by atoms with van der Waals surface area (Å²) in [6, 6.07) is 25.4. The molecular weight excluding hydrogens is 476 g/mol. The average molecular weight is 513 g/mol. The minimum absolute atomic E-state index is 0.0766. The molecule has 2 fully saturated rings. The molecular formula is C32H36N2O4. The van der Waals surface area contributed by atoms with Gasteiger partial charge in [0, 0.05) is 44.6 Å². The van der Waals surface area contributed by atoms with Crippen molar-refractivity contribution in [3.05, 3.63) is 95.6 Å². The largest absolute Gasteiger partial charge is 0.490 e. The Morgan fingerprint density at radius 3 is 2.13 bits per heavy atom. The van der Waals surface area contributed by atoms with Crippen LogP contribution in [-0.4, -0.2) is 53.9 Å². The Morgan fingerprint density at radius 2 is 1.39 bits per heavy atom. The van der Waals surface area contributed by atoms with Gasteiger partial charge in [0.2, 0.25) is 5.91 Å². The standard InChI is InChI=1S/C32H36N2O4/c35-31(23-26-10-7-11-27(22-26)32(36)34-18-5-2-6-19-34)33-20-16-30(17-21-33)38-29-14-12-28(13-15-29)37-24-25-8-3-1-4-9-25/h1,3-4,7-15,22,30H,2,5-6,16-21,23-24H2. The molecule has 198 valence electrons.